The second kappa shape index (κ2) is 6.46. The molecule has 0 saturated heterocycles. The van der Waals surface area contributed by atoms with Crippen molar-refractivity contribution in [1.29, 1.82) is 0 Å². The van der Waals surface area contributed by atoms with E-state index < -0.39 is 7.12 Å². The minimum Gasteiger partial charge on any atom is -0.495 e. The van der Waals surface area contributed by atoms with Crippen molar-refractivity contribution in [3.8, 4) is 5.75 Å². The largest absolute Gasteiger partial charge is 0.495 e. The summed E-state index contributed by atoms with van der Waals surface area (Å²) in [4.78, 5) is 2.06. The van der Waals surface area contributed by atoms with Gasteiger partial charge in [-0.15, -0.1) is 0 Å². The van der Waals surface area contributed by atoms with Crippen molar-refractivity contribution in [2.75, 3.05) is 19.1 Å². The van der Waals surface area contributed by atoms with Crippen molar-refractivity contribution >= 4 is 18.3 Å². The Morgan fingerprint density at radius 3 is 2.55 bits per heavy atom. The molecule has 0 heterocycles. The third kappa shape index (κ3) is 3.32. The molecule has 0 bridgehead atoms. The van der Waals surface area contributed by atoms with Gasteiger partial charge < -0.3 is 19.7 Å². The lowest BCUT2D eigenvalue weighted by molar-refractivity contribution is 0.414. The maximum absolute atomic E-state index is 9.20. The molecule has 0 aliphatic heterocycles. The van der Waals surface area contributed by atoms with E-state index in [-0.39, 0.29) is 0 Å². The van der Waals surface area contributed by atoms with Crippen LogP contribution in [0.1, 0.15) is 5.56 Å². The van der Waals surface area contributed by atoms with E-state index in [1.807, 2.05) is 43.4 Å². The van der Waals surface area contributed by atoms with Gasteiger partial charge in [0.25, 0.3) is 0 Å². The molecule has 2 rings (SSSR count). The Balaban J connectivity index is 2.19. The van der Waals surface area contributed by atoms with Crippen LogP contribution in [0.2, 0.25) is 0 Å². The van der Waals surface area contributed by atoms with E-state index in [2.05, 4.69) is 4.90 Å². The Morgan fingerprint density at radius 2 is 1.85 bits per heavy atom. The van der Waals surface area contributed by atoms with Gasteiger partial charge in [0.15, 0.2) is 0 Å². The molecule has 5 heteroatoms. The topological polar surface area (TPSA) is 52.9 Å². The highest BCUT2D eigenvalue weighted by molar-refractivity contribution is 6.58. The lowest BCUT2D eigenvalue weighted by Crippen LogP contribution is -2.30. The molecular formula is C15H18BNO3. The number of benzene rings is 2. The first-order valence-electron chi connectivity index (χ1n) is 6.41. The summed E-state index contributed by atoms with van der Waals surface area (Å²) in [7, 11) is 2.18. The van der Waals surface area contributed by atoms with Gasteiger partial charge in [-0.3, -0.25) is 0 Å². The predicted molar refractivity (Wildman–Crippen MR) is 81.4 cm³/mol. The lowest BCUT2D eigenvalue weighted by atomic mass is 9.79. The minimum absolute atomic E-state index is 0.496. The van der Waals surface area contributed by atoms with Crippen molar-refractivity contribution in [1.82, 2.24) is 0 Å². The maximum Gasteiger partial charge on any atom is 0.488 e. The first-order chi connectivity index (χ1) is 9.61. The third-order valence-electron chi connectivity index (χ3n) is 3.17. The van der Waals surface area contributed by atoms with Gasteiger partial charge in [0.05, 0.1) is 12.8 Å². The second-order valence-electron chi connectivity index (χ2n) is 4.65. The number of hydrogen-bond acceptors (Lipinski definition) is 4. The molecule has 2 N–H and O–H groups in total. The first-order valence-corrected chi connectivity index (χ1v) is 6.41. The standard InChI is InChI=1S/C15H18BNO3/c1-17(14-8-3-4-9-15(14)20-2)11-12-6-5-7-13(10-12)16(18)19/h3-10,18-19H,11H2,1-2H3. The zero-order valence-corrected chi connectivity index (χ0v) is 11.7. The van der Waals surface area contributed by atoms with E-state index >= 15 is 0 Å². The number of hydrogen-bond donors (Lipinski definition) is 2. The second-order valence-corrected chi connectivity index (χ2v) is 4.65. The highest BCUT2D eigenvalue weighted by Crippen LogP contribution is 2.27. The number of nitrogens with zero attached hydrogens (tertiary/aromatic N) is 1. The molecule has 0 aromatic heterocycles. The van der Waals surface area contributed by atoms with Crippen LogP contribution in [-0.2, 0) is 6.54 Å². The summed E-state index contributed by atoms with van der Waals surface area (Å²) in [5.41, 5.74) is 2.49. The van der Waals surface area contributed by atoms with Gasteiger partial charge in [-0.25, -0.2) is 0 Å². The smallest absolute Gasteiger partial charge is 0.488 e. The normalized spacial score (nSPS) is 10.2. The van der Waals surface area contributed by atoms with Gasteiger partial charge in [0.2, 0.25) is 0 Å². The maximum atomic E-state index is 9.20. The molecule has 104 valence electrons. The average molecular weight is 271 g/mol. The fourth-order valence-corrected chi connectivity index (χ4v) is 2.16. The molecular weight excluding hydrogens is 253 g/mol. The lowest BCUT2D eigenvalue weighted by Gasteiger charge is -2.22. The molecule has 0 aliphatic rings. The number of methoxy groups -OCH3 is 1. The van der Waals surface area contributed by atoms with Crippen LogP contribution in [-0.4, -0.2) is 31.3 Å². The predicted octanol–water partition coefficient (Wildman–Crippen LogP) is 1.01. The van der Waals surface area contributed by atoms with Gasteiger partial charge in [-0.05, 0) is 23.2 Å². The monoisotopic (exact) mass is 271 g/mol. The molecule has 0 saturated carbocycles. The molecule has 0 amide bonds. The number of ether oxygens (including phenoxy) is 1. The van der Waals surface area contributed by atoms with Crippen molar-refractivity contribution in [3.63, 3.8) is 0 Å². The van der Waals surface area contributed by atoms with E-state index in [4.69, 9.17) is 4.74 Å². The van der Waals surface area contributed by atoms with Crippen molar-refractivity contribution in [2.24, 2.45) is 0 Å². The summed E-state index contributed by atoms with van der Waals surface area (Å²) < 4.78 is 5.34. The summed E-state index contributed by atoms with van der Waals surface area (Å²) in [6.45, 7) is 0.654. The third-order valence-corrected chi connectivity index (χ3v) is 3.17. The van der Waals surface area contributed by atoms with Crippen LogP contribution in [0.3, 0.4) is 0 Å². The van der Waals surface area contributed by atoms with E-state index in [0.717, 1.165) is 17.0 Å². The Labute approximate surface area is 119 Å². The van der Waals surface area contributed by atoms with Gasteiger partial charge in [0.1, 0.15) is 5.75 Å². The molecule has 0 fully saturated rings. The van der Waals surface area contributed by atoms with E-state index in [0.29, 0.717) is 12.0 Å². The Bertz CT molecular complexity index is 575. The summed E-state index contributed by atoms with van der Waals surface area (Å²) in [6, 6.07) is 15.1. The molecule has 2 aromatic rings. The van der Waals surface area contributed by atoms with E-state index in [1.54, 1.807) is 19.2 Å². The Kier molecular flexibility index (Phi) is 4.66. The molecule has 2 aromatic carbocycles. The summed E-state index contributed by atoms with van der Waals surface area (Å²) in [5, 5.41) is 18.4. The zero-order chi connectivity index (χ0) is 14.5. The van der Waals surface area contributed by atoms with Crippen LogP contribution < -0.4 is 15.1 Å². The van der Waals surface area contributed by atoms with Gasteiger partial charge in [0, 0.05) is 13.6 Å². The summed E-state index contributed by atoms with van der Waals surface area (Å²) in [6.07, 6.45) is 0. The van der Waals surface area contributed by atoms with Crippen LogP contribution >= 0.6 is 0 Å². The van der Waals surface area contributed by atoms with Gasteiger partial charge in [-0.2, -0.15) is 0 Å². The van der Waals surface area contributed by atoms with Crippen LogP contribution in [0, 0.1) is 0 Å². The highest BCUT2D eigenvalue weighted by Gasteiger charge is 2.12. The highest BCUT2D eigenvalue weighted by atomic mass is 16.5. The van der Waals surface area contributed by atoms with Gasteiger partial charge in [-0.1, -0.05) is 36.4 Å². The SMILES string of the molecule is COc1ccccc1N(C)Cc1cccc(B(O)O)c1. The van der Waals surface area contributed by atoms with Crippen LogP contribution in [0.4, 0.5) is 5.69 Å². The summed E-state index contributed by atoms with van der Waals surface area (Å²) in [5.74, 6) is 0.813. The number of rotatable bonds is 5. The van der Waals surface area contributed by atoms with E-state index in [1.165, 1.54) is 0 Å². The molecule has 0 spiro atoms. The average Bonchev–Trinajstić information content (AvgIpc) is 2.47. The number of para-hydroxylation sites is 2. The van der Waals surface area contributed by atoms with Crippen molar-refractivity contribution in [2.45, 2.75) is 6.54 Å². The van der Waals surface area contributed by atoms with Crippen molar-refractivity contribution in [3.05, 3.63) is 54.1 Å². The molecule has 20 heavy (non-hydrogen) atoms. The fraction of sp³-hybridized carbons (Fsp3) is 0.200. The number of anilines is 1. The fourth-order valence-electron chi connectivity index (χ4n) is 2.16. The van der Waals surface area contributed by atoms with Crippen LogP contribution in [0.5, 0.6) is 5.75 Å². The zero-order valence-electron chi connectivity index (χ0n) is 11.7. The Hall–Kier alpha value is -1.98. The van der Waals surface area contributed by atoms with Gasteiger partial charge >= 0.3 is 7.12 Å². The first kappa shape index (κ1) is 14.4. The molecule has 0 unspecified atom stereocenters. The molecule has 0 radical (unpaired) electrons. The molecule has 0 aliphatic carbocycles. The van der Waals surface area contributed by atoms with Crippen molar-refractivity contribution < 1.29 is 14.8 Å². The van der Waals surface area contributed by atoms with Crippen LogP contribution in [0.25, 0.3) is 0 Å². The summed E-state index contributed by atoms with van der Waals surface area (Å²) >= 11 is 0. The quantitative estimate of drug-likeness (QED) is 0.797. The molecule has 4 nitrogen and oxygen atoms in total. The van der Waals surface area contributed by atoms with Crippen LogP contribution in [0.15, 0.2) is 48.5 Å². The molecule has 0 atom stereocenters. The minimum atomic E-state index is -1.44. The Morgan fingerprint density at radius 1 is 1.10 bits per heavy atom. The van der Waals surface area contributed by atoms with E-state index in [9.17, 15) is 10.0 Å².